The Kier molecular flexibility index (Phi) is 7.84. The third-order valence-corrected chi connectivity index (χ3v) is 7.68. The number of nitrogens with zero attached hydrogens (tertiary/aromatic N) is 5. The number of hydrogen-bond acceptors (Lipinski definition) is 6. The van der Waals surface area contributed by atoms with Gasteiger partial charge in [0.2, 0.25) is 0 Å². The lowest BCUT2D eigenvalue weighted by atomic mass is 9.91. The Labute approximate surface area is 238 Å². The number of aryl methyl sites for hydroxylation is 1. The summed E-state index contributed by atoms with van der Waals surface area (Å²) in [6.45, 7) is 5.37. The van der Waals surface area contributed by atoms with Gasteiger partial charge in [0, 0.05) is 13.1 Å². The van der Waals surface area contributed by atoms with Gasteiger partial charge >= 0.3 is 18.4 Å². The maximum absolute atomic E-state index is 13.7. The standard InChI is InChI=1S/C28H30F6N6O2/c1-15(2)42-26(41)39-9-5-8-23(22-12-18-6-4-7-21(18)16(3)24(22)39)40(25-35-37-38-36-25)14-17-10-19(27(29,30)31)13-20(11-17)28(32,33)34/h10-13,15,23H,4-9,14H2,1-3H3,(H,35,36,37,38). The second-order valence-corrected chi connectivity index (χ2v) is 10.9. The number of carbonyl (C=O) groups excluding carboxylic acids is 1. The normalized spacial score (nSPS) is 17.2. The molecule has 0 saturated heterocycles. The van der Waals surface area contributed by atoms with Crippen LogP contribution in [-0.2, 0) is 36.5 Å². The molecule has 2 aliphatic rings. The Morgan fingerprint density at radius 1 is 1.07 bits per heavy atom. The van der Waals surface area contributed by atoms with E-state index in [1.54, 1.807) is 23.6 Å². The summed E-state index contributed by atoms with van der Waals surface area (Å²) in [6, 6.07) is 2.92. The van der Waals surface area contributed by atoms with Crippen LogP contribution in [0.2, 0.25) is 0 Å². The van der Waals surface area contributed by atoms with E-state index in [1.165, 1.54) is 0 Å². The summed E-state index contributed by atoms with van der Waals surface area (Å²) in [7, 11) is 0. The van der Waals surface area contributed by atoms with Gasteiger partial charge < -0.3 is 9.64 Å². The molecule has 0 saturated carbocycles. The smallest absolute Gasteiger partial charge is 0.416 e. The minimum atomic E-state index is -4.99. The number of fused-ring (bicyclic) bond motifs is 2. The number of tetrazole rings is 1. The van der Waals surface area contributed by atoms with Crippen molar-refractivity contribution in [2.45, 2.75) is 83.9 Å². The quantitative estimate of drug-likeness (QED) is 0.322. The van der Waals surface area contributed by atoms with Crippen LogP contribution < -0.4 is 9.80 Å². The number of carbonyl (C=O) groups is 1. The van der Waals surface area contributed by atoms with Gasteiger partial charge in [0.05, 0.1) is 29.0 Å². The number of ether oxygens (including phenoxy) is 1. The van der Waals surface area contributed by atoms with Gasteiger partial charge in [-0.25, -0.2) is 4.79 Å². The maximum atomic E-state index is 13.7. The summed E-state index contributed by atoms with van der Waals surface area (Å²) >= 11 is 0. The zero-order chi connectivity index (χ0) is 30.4. The lowest BCUT2D eigenvalue weighted by Gasteiger charge is -2.33. The molecule has 14 heteroatoms. The van der Waals surface area contributed by atoms with Crippen LogP contribution >= 0.6 is 0 Å². The highest BCUT2D eigenvalue weighted by atomic mass is 19.4. The highest BCUT2D eigenvalue weighted by Gasteiger charge is 2.39. The van der Waals surface area contributed by atoms with Gasteiger partial charge in [-0.3, -0.25) is 4.90 Å². The molecule has 0 spiro atoms. The fourth-order valence-electron chi connectivity index (χ4n) is 5.97. The highest BCUT2D eigenvalue weighted by Crippen LogP contribution is 2.45. The minimum absolute atomic E-state index is 0.00767. The second-order valence-electron chi connectivity index (χ2n) is 10.9. The summed E-state index contributed by atoms with van der Waals surface area (Å²) in [5, 5.41) is 14.0. The average Bonchev–Trinajstić information content (AvgIpc) is 3.56. The molecule has 0 radical (unpaired) electrons. The summed E-state index contributed by atoms with van der Waals surface area (Å²) in [5.41, 5.74) is 1.45. The number of amides is 1. The van der Waals surface area contributed by atoms with Crippen LogP contribution in [-0.4, -0.2) is 39.4 Å². The SMILES string of the molecule is Cc1c2c(cc3c1N(C(=O)OC(C)C)CCCC3N(Cc1cc(C(F)(F)F)cc(C(F)(F)F)c1)c1nn[nH]n1)CCC2. The van der Waals surface area contributed by atoms with Crippen LogP contribution in [0.3, 0.4) is 0 Å². The third kappa shape index (κ3) is 5.88. The van der Waals surface area contributed by atoms with Crippen molar-refractivity contribution in [1.82, 2.24) is 20.6 Å². The van der Waals surface area contributed by atoms with Crippen molar-refractivity contribution in [3.63, 3.8) is 0 Å². The Hall–Kier alpha value is -3.84. The number of H-pyrrole nitrogens is 1. The predicted molar refractivity (Wildman–Crippen MR) is 141 cm³/mol. The second kappa shape index (κ2) is 11.1. The first-order chi connectivity index (χ1) is 19.7. The number of alkyl halides is 6. The molecular weight excluding hydrogens is 566 g/mol. The van der Waals surface area contributed by atoms with Gasteiger partial charge in [0.15, 0.2) is 0 Å². The number of nitrogens with one attached hydrogen (secondary N) is 1. The molecule has 1 aliphatic heterocycles. The number of benzene rings is 2. The molecule has 8 nitrogen and oxygen atoms in total. The van der Waals surface area contributed by atoms with Crippen molar-refractivity contribution in [2.75, 3.05) is 16.3 Å². The average molecular weight is 597 g/mol. The number of hydrogen-bond donors (Lipinski definition) is 1. The van der Waals surface area contributed by atoms with E-state index in [4.69, 9.17) is 4.74 Å². The van der Waals surface area contributed by atoms with Crippen LogP contribution in [0.4, 0.5) is 42.8 Å². The van der Waals surface area contributed by atoms with Crippen LogP contribution in [0.15, 0.2) is 24.3 Å². The monoisotopic (exact) mass is 596 g/mol. The van der Waals surface area contributed by atoms with Crippen molar-refractivity contribution >= 4 is 17.7 Å². The fourth-order valence-corrected chi connectivity index (χ4v) is 5.97. The Morgan fingerprint density at radius 2 is 1.76 bits per heavy atom. The highest BCUT2D eigenvalue weighted by molar-refractivity contribution is 5.91. The summed E-state index contributed by atoms with van der Waals surface area (Å²) < 4.78 is 87.5. The lowest BCUT2D eigenvalue weighted by Crippen LogP contribution is -2.35. The molecule has 2 aromatic carbocycles. The number of aromatic amines is 1. The van der Waals surface area contributed by atoms with Crippen LogP contribution in [0.25, 0.3) is 0 Å². The zero-order valence-electron chi connectivity index (χ0n) is 23.2. The lowest BCUT2D eigenvalue weighted by molar-refractivity contribution is -0.143. The largest absolute Gasteiger partial charge is 0.446 e. The van der Waals surface area contributed by atoms with E-state index in [2.05, 4.69) is 20.6 Å². The van der Waals surface area contributed by atoms with E-state index in [1.807, 2.05) is 13.0 Å². The molecule has 5 rings (SSSR count). The Balaban J connectivity index is 1.65. The molecular formula is C28H30F6N6O2. The summed E-state index contributed by atoms with van der Waals surface area (Å²) in [5.74, 6) is 0.00767. The molecule has 2 heterocycles. The van der Waals surface area contributed by atoms with Gasteiger partial charge in [-0.2, -0.15) is 31.6 Å². The molecule has 1 N–H and O–H groups in total. The van der Waals surface area contributed by atoms with Gasteiger partial charge in [-0.15, -0.1) is 5.10 Å². The number of rotatable bonds is 5. The van der Waals surface area contributed by atoms with Gasteiger partial charge in [-0.05, 0) is 104 Å². The van der Waals surface area contributed by atoms with Gasteiger partial charge in [0.1, 0.15) is 0 Å². The summed E-state index contributed by atoms with van der Waals surface area (Å²) in [4.78, 5) is 16.4. The first kappa shape index (κ1) is 29.6. The molecule has 1 amide bonds. The predicted octanol–water partition coefficient (Wildman–Crippen LogP) is 6.93. The molecule has 1 unspecified atom stereocenters. The first-order valence-electron chi connectivity index (χ1n) is 13.7. The molecule has 0 bridgehead atoms. The first-order valence-corrected chi connectivity index (χ1v) is 13.7. The zero-order valence-corrected chi connectivity index (χ0v) is 23.2. The molecule has 3 aromatic rings. The van der Waals surface area contributed by atoms with Crippen molar-refractivity contribution in [2.24, 2.45) is 0 Å². The number of aromatic nitrogens is 4. The minimum Gasteiger partial charge on any atom is -0.446 e. The van der Waals surface area contributed by atoms with Gasteiger partial charge in [-0.1, -0.05) is 11.2 Å². The molecule has 226 valence electrons. The van der Waals surface area contributed by atoms with Crippen molar-refractivity contribution in [3.05, 3.63) is 63.2 Å². The molecule has 1 atom stereocenters. The molecule has 0 fully saturated rings. The number of anilines is 2. The fraction of sp³-hybridized carbons (Fsp3) is 0.500. The van der Waals surface area contributed by atoms with E-state index in [0.29, 0.717) is 42.8 Å². The molecule has 42 heavy (non-hydrogen) atoms. The van der Waals surface area contributed by atoms with Crippen LogP contribution in [0.1, 0.15) is 78.1 Å². The molecule has 1 aromatic heterocycles. The van der Waals surface area contributed by atoms with Crippen LogP contribution in [0.5, 0.6) is 0 Å². The van der Waals surface area contributed by atoms with E-state index >= 15 is 0 Å². The van der Waals surface area contributed by atoms with Crippen LogP contribution in [0, 0.1) is 6.92 Å². The van der Waals surface area contributed by atoms with E-state index < -0.39 is 35.6 Å². The third-order valence-electron chi connectivity index (χ3n) is 7.68. The maximum Gasteiger partial charge on any atom is 0.416 e. The number of halogens is 6. The Bertz CT molecular complexity index is 1420. The molecule has 1 aliphatic carbocycles. The van der Waals surface area contributed by atoms with E-state index in [9.17, 15) is 31.1 Å². The van der Waals surface area contributed by atoms with E-state index in [0.717, 1.165) is 36.0 Å². The van der Waals surface area contributed by atoms with Crippen molar-refractivity contribution in [3.8, 4) is 0 Å². The van der Waals surface area contributed by atoms with Crippen molar-refractivity contribution in [1.29, 1.82) is 0 Å². The van der Waals surface area contributed by atoms with E-state index in [-0.39, 0.29) is 30.2 Å². The topological polar surface area (TPSA) is 87.2 Å². The van der Waals surface area contributed by atoms with Crippen molar-refractivity contribution < 1.29 is 35.9 Å². The Morgan fingerprint density at radius 3 is 2.36 bits per heavy atom. The summed E-state index contributed by atoms with van der Waals surface area (Å²) in [6.07, 6.45) is -7.39. The van der Waals surface area contributed by atoms with Gasteiger partial charge in [0.25, 0.3) is 5.95 Å².